The van der Waals surface area contributed by atoms with Crippen LogP contribution in [-0.2, 0) is 6.42 Å². The molecule has 21 heavy (non-hydrogen) atoms. The summed E-state index contributed by atoms with van der Waals surface area (Å²) in [6, 6.07) is 3.64. The molecular formula is C18H31NO2. The third-order valence-corrected chi connectivity index (χ3v) is 3.98. The van der Waals surface area contributed by atoms with Gasteiger partial charge in [-0.25, -0.2) is 0 Å². The molecule has 0 radical (unpaired) electrons. The number of hydrogen-bond acceptors (Lipinski definition) is 3. The van der Waals surface area contributed by atoms with E-state index in [4.69, 9.17) is 0 Å². The first-order valence-corrected chi connectivity index (χ1v) is 8.47. The standard InChI is InChI=1S/C18H31NO2/c1-3-4-11-17(20)12-9-7-5-6-8-10-16-13-14-18(21)15(2)19-16/h13-14,17,20-21H,3-12H2,1-2H3/t17-/m1/s1. The van der Waals surface area contributed by atoms with Crippen LogP contribution in [0.25, 0.3) is 0 Å². The van der Waals surface area contributed by atoms with Gasteiger partial charge in [-0.3, -0.25) is 4.98 Å². The van der Waals surface area contributed by atoms with Gasteiger partial charge in [0, 0.05) is 5.69 Å². The van der Waals surface area contributed by atoms with Crippen LogP contribution >= 0.6 is 0 Å². The van der Waals surface area contributed by atoms with E-state index in [1.54, 1.807) is 6.07 Å². The minimum Gasteiger partial charge on any atom is -0.506 e. The molecular weight excluding hydrogens is 262 g/mol. The molecule has 0 saturated carbocycles. The SMILES string of the molecule is CCCC[C@@H](O)CCCCCCCc1ccc(O)c(C)n1. The van der Waals surface area contributed by atoms with Crippen molar-refractivity contribution in [3.8, 4) is 5.75 Å². The van der Waals surface area contributed by atoms with Crippen LogP contribution in [0.15, 0.2) is 12.1 Å². The third-order valence-electron chi connectivity index (χ3n) is 3.98. The molecule has 1 aromatic heterocycles. The Bertz CT molecular complexity index is 393. The van der Waals surface area contributed by atoms with Gasteiger partial charge in [0.05, 0.1) is 11.8 Å². The van der Waals surface area contributed by atoms with Crippen molar-refractivity contribution in [2.45, 2.75) is 84.2 Å². The maximum absolute atomic E-state index is 9.75. The molecule has 1 heterocycles. The van der Waals surface area contributed by atoms with Gasteiger partial charge in [0.15, 0.2) is 0 Å². The first-order valence-electron chi connectivity index (χ1n) is 8.47. The normalized spacial score (nSPS) is 12.5. The zero-order valence-electron chi connectivity index (χ0n) is 13.6. The minimum absolute atomic E-state index is 0.0888. The Morgan fingerprint density at radius 1 is 1.00 bits per heavy atom. The van der Waals surface area contributed by atoms with E-state index in [1.807, 2.05) is 13.0 Å². The number of aromatic hydroxyl groups is 1. The highest BCUT2D eigenvalue weighted by molar-refractivity contribution is 5.26. The molecule has 0 fully saturated rings. The van der Waals surface area contributed by atoms with E-state index < -0.39 is 0 Å². The van der Waals surface area contributed by atoms with Crippen molar-refractivity contribution < 1.29 is 10.2 Å². The van der Waals surface area contributed by atoms with Gasteiger partial charge in [0.1, 0.15) is 5.75 Å². The number of aliphatic hydroxyl groups is 1. The predicted octanol–water partition coefficient (Wildman–Crippen LogP) is 4.53. The Hall–Kier alpha value is -1.09. The number of aliphatic hydroxyl groups excluding tert-OH is 1. The zero-order valence-corrected chi connectivity index (χ0v) is 13.6. The van der Waals surface area contributed by atoms with E-state index in [9.17, 15) is 10.2 Å². The molecule has 2 N–H and O–H groups in total. The second-order valence-corrected chi connectivity index (χ2v) is 6.01. The summed E-state index contributed by atoms with van der Waals surface area (Å²) in [5.41, 5.74) is 1.79. The van der Waals surface area contributed by atoms with Gasteiger partial charge < -0.3 is 10.2 Å². The van der Waals surface area contributed by atoms with Crippen molar-refractivity contribution in [1.82, 2.24) is 4.98 Å². The van der Waals surface area contributed by atoms with Crippen LogP contribution in [0.3, 0.4) is 0 Å². The Morgan fingerprint density at radius 3 is 2.38 bits per heavy atom. The molecule has 0 aromatic carbocycles. The van der Waals surface area contributed by atoms with Gasteiger partial charge in [-0.15, -0.1) is 0 Å². The quantitative estimate of drug-likeness (QED) is 0.589. The zero-order chi connectivity index (χ0) is 15.5. The monoisotopic (exact) mass is 293 g/mol. The fraction of sp³-hybridized carbons (Fsp3) is 0.722. The first-order chi connectivity index (χ1) is 10.1. The van der Waals surface area contributed by atoms with E-state index in [-0.39, 0.29) is 11.9 Å². The summed E-state index contributed by atoms with van der Waals surface area (Å²) in [5, 5.41) is 19.2. The van der Waals surface area contributed by atoms with Crippen molar-refractivity contribution in [2.75, 3.05) is 0 Å². The van der Waals surface area contributed by atoms with E-state index in [2.05, 4.69) is 11.9 Å². The highest BCUT2D eigenvalue weighted by Gasteiger charge is 2.03. The van der Waals surface area contributed by atoms with E-state index in [0.717, 1.165) is 44.2 Å². The average Bonchev–Trinajstić information content (AvgIpc) is 2.47. The molecule has 0 unspecified atom stereocenters. The molecule has 0 aliphatic carbocycles. The molecule has 0 spiro atoms. The van der Waals surface area contributed by atoms with Gasteiger partial charge in [0.2, 0.25) is 0 Å². The number of nitrogens with zero attached hydrogens (tertiary/aromatic N) is 1. The van der Waals surface area contributed by atoms with Crippen molar-refractivity contribution in [3.63, 3.8) is 0 Å². The highest BCUT2D eigenvalue weighted by Crippen LogP contribution is 2.16. The maximum atomic E-state index is 9.75. The highest BCUT2D eigenvalue weighted by atomic mass is 16.3. The van der Waals surface area contributed by atoms with Crippen molar-refractivity contribution in [1.29, 1.82) is 0 Å². The summed E-state index contributed by atoms with van der Waals surface area (Å²) in [4.78, 5) is 4.38. The Kier molecular flexibility index (Phi) is 9.07. The smallest absolute Gasteiger partial charge is 0.136 e. The van der Waals surface area contributed by atoms with Crippen molar-refractivity contribution >= 4 is 0 Å². The summed E-state index contributed by atoms with van der Waals surface area (Å²) in [5.74, 6) is 0.278. The van der Waals surface area contributed by atoms with E-state index in [0.29, 0.717) is 5.69 Å². The van der Waals surface area contributed by atoms with Gasteiger partial charge in [-0.2, -0.15) is 0 Å². The topological polar surface area (TPSA) is 53.4 Å². The molecule has 120 valence electrons. The Balaban J connectivity index is 2.00. The third kappa shape index (κ3) is 8.05. The molecule has 0 saturated heterocycles. The number of unbranched alkanes of at least 4 members (excludes halogenated alkanes) is 5. The molecule has 3 nitrogen and oxygen atoms in total. The number of pyridine rings is 1. The lowest BCUT2D eigenvalue weighted by atomic mass is 10.0. The second-order valence-electron chi connectivity index (χ2n) is 6.01. The van der Waals surface area contributed by atoms with Crippen molar-refractivity contribution in [2.24, 2.45) is 0 Å². The second kappa shape index (κ2) is 10.6. The maximum Gasteiger partial charge on any atom is 0.136 e. The first kappa shape index (κ1) is 18.0. The van der Waals surface area contributed by atoms with Crippen LogP contribution < -0.4 is 0 Å². The number of rotatable bonds is 11. The fourth-order valence-electron chi connectivity index (χ4n) is 2.55. The van der Waals surface area contributed by atoms with Crippen LogP contribution in [-0.4, -0.2) is 21.3 Å². The van der Waals surface area contributed by atoms with Crippen molar-refractivity contribution in [3.05, 3.63) is 23.5 Å². The molecule has 1 rings (SSSR count). The molecule has 0 aliphatic heterocycles. The van der Waals surface area contributed by atoms with Crippen LogP contribution in [0.2, 0.25) is 0 Å². The molecule has 3 heteroatoms. The molecule has 0 amide bonds. The lowest BCUT2D eigenvalue weighted by Gasteiger charge is -2.09. The van der Waals surface area contributed by atoms with Gasteiger partial charge in [-0.05, 0) is 44.7 Å². The van der Waals surface area contributed by atoms with E-state index >= 15 is 0 Å². The molecule has 1 aromatic rings. The fourth-order valence-corrected chi connectivity index (χ4v) is 2.55. The number of hydrogen-bond donors (Lipinski definition) is 2. The predicted molar refractivity (Wildman–Crippen MR) is 87.6 cm³/mol. The summed E-state index contributed by atoms with van der Waals surface area (Å²) in [6.45, 7) is 4.00. The average molecular weight is 293 g/mol. The van der Waals surface area contributed by atoms with Gasteiger partial charge in [0.25, 0.3) is 0 Å². The summed E-state index contributed by atoms with van der Waals surface area (Å²) in [7, 11) is 0. The summed E-state index contributed by atoms with van der Waals surface area (Å²) < 4.78 is 0. The Morgan fingerprint density at radius 2 is 1.67 bits per heavy atom. The van der Waals surface area contributed by atoms with Gasteiger partial charge >= 0.3 is 0 Å². The lowest BCUT2D eigenvalue weighted by Crippen LogP contribution is -2.05. The van der Waals surface area contributed by atoms with Crippen LogP contribution in [0.5, 0.6) is 5.75 Å². The summed E-state index contributed by atoms with van der Waals surface area (Å²) in [6.07, 6.45) is 11.1. The van der Waals surface area contributed by atoms with Crippen LogP contribution in [0.4, 0.5) is 0 Å². The molecule has 1 atom stereocenters. The number of aryl methyl sites for hydroxylation is 2. The molecule has 0 bridgehead atoms. The summed E-state index contributed by atoms with van der Waals surface area (Å²) >= 11 is 0. The van der Waals surface area contributed by atoms with Crippen LogP contribution in [0.1, 0.15) is 76.1 Å². The largest absolute Gasteiger partial charge is 0.506 e. The van der Waals surface area contributed by atoms with Gasteiger partial charge in [-0.1, -0.05) is 45.4 Å². The van der Waals surface area contributed by atoms with Crippen LogP contribution in [0, 0.1) is 6.92 Å². The Labute approximate surface area is 129 Å². The lowest BCUT2D eigenvalue weighted by molar-refractivity contribution is 0.148. The van der Waals surface area contributed by atoms with E-state index in [1.165, 1.54) is 25.7 Å². The number of aromatic nitrogens is 1. The molecule has 0 aliphatic rings. The minimum atomic E-state index is -0.0888.